The summed E-state index contributed by atoms with van der Waals surface area (Å²) in [5, 5.41) is 19.0. The number of carbonyl (C=O) groups is 1. The van der Waals surface area contributed by atoms with Crippen molar-refractivity contribution >= 4 is 17.7 Å². The monoisotopic (exact) mass is 252 g/mol. The molecule has 4 heteroatoms. The number of aliphatic carboxylic acids is 1. The molecule has 1 aliphatic carbocycles. The summed E-state index contributed by atoms with van der Waals surface area (Å²) >= 11 is 1.49. The largest absolute Gasteiger partial charge is 0.507 e. The van der Waals surface area contributed by atoms with Gasteiger partial charge in [-0.1, -0.05) is 12.5 Å². The van der Waals surface area contributed by atoms with Gasteiger partial charge in [-0.15, -0.1) is 11.8 Å². The van der Waals surface area contributed by atoms with Gasteiger partial charge in [-0.3, -0.25) is 4.79 Å². The van der Waals surface area contributed by atoms with Crippen LogP contribution in [0.4, 0.5) is 0 Å². The number of hydrogen-bond donors (Lipinski definition) is 2. The predicted octanol–water partition coefficient (Wildman–Crippen LogP) is 3.05. The molecule has 0 aromatic heterocycles. The number of aromatic hydroxyl groups is 1. The minimum Gasteiger partial charge on any atom is -0.507 e. The van der Waals surface area contributed by atoms with Crippen LogP contribution in [0.5, 0.6) is 5.75 Å². The lowest BCUT2D eigenvalue weighted by molar-refractivity contribution is -0.141. The first-order valence-corrected chi connectivity index (χ1v) is 6.65. The van der Waals surface area contributed by atoms with Crippen LogP contribution in [0.2, 0.25) is 0 Å². The predicted molar refractivity (Wildman–Crippen MR) is 67.5 cm³/mol. The number of carboxylic acids is 1. The molecule has 92 valence electrons. The molecule has 0 aliphatic heterocycles. The van der Waals surface area contributed by atoms with E-state index in [9.17, 15) is 9.90 Å². The molecule has 2 unspecified atom stereocenters. The molecule has 2 atom stereocenters. The Hall–Kier alpha value is -1.16. The molecule has 0 amide bonds. The summed E-state index contributed by atoms with van der Waals surface area (Å²) in [5.74, 6) is -0.738. The molecule has 17 heavy (non-hydrogen) atoms. The van der Waals surface area contributed by atoms with Crippen molar-refractivity contribution in [2.75, 3.05) is 0 Å². The Morgan fingerprint density at radius 1 is 1.41 bits per heavy atom. The van der Waals surface area contributed by atoms with Crippen LogP contribution in [0.1, 0.15) is 24.8 Å². The Morgan fingerprint density at radius 3 is 2.82 bits per heavy atom. The molecule has 0 saturated heterocycles. The maximum atomic E-state index is 11.1. The fourth-order valence-corrected chi connectivity index (χ4v) is 3.59. The molecule has 0 spiro atoms. The van der Waals surface area contributed by atoms with E-state index >= 15 is 0 Å². The molecule has 0 bridgehead atoms. The van der Waals surface area contributed by atoms with Crippen LogP contribution < -0.4 is 0 Å². The van der Waals surface area contributed by atoms with Gasteiger partial charge in [0.05, 0.1) is 5.92 Å². The van der Waals surface area contributed by atoms with Gasteiger partial charge in [-0.2, -0.15) is 0 Å². The van der Waals surface area contributed by atoms with Crippen LogP contribution in [0, 0.1) is 12.8 Å². The van der Waals surface area contributed by atoms with Gasteiger partial charge >= 0.3 is 5.97 Å². The minimum absolute atomic E-state index is 0.0844. The second-order valence-electron chi connectivity index (χ2n) is 4.50. The molecule has 1 aliphatic rings. The average molecular weight is 252 g/mol. The highest BCUT2D eigenvalue weighted by molar-refractivity contribution is 8.00. The Morgan fingerprint density at radius 2 is 2.18 bits per heavy atom. The van der Waals surface area contributed by atoms with Gasteiger partial charge in [-0.05, 0) is 37.5 Å². The Bertz CT molecular complexity index is 431. The van der Waals surface area contributed by atoms with Crippen molar-refractivity contribution in [3.05, 3.63) is 23.8 Å². The van der Waals surface area contributed by atoms with Crippen molar-refractivity contribution in [1.29, 1.82) is 0 Å². The highest BCUT2D eigenvalue weighted by Gasteiger charge is 2.33. The number of hydrogen-bond acceptors (Lipinski definition) is 3. The summed E-state index contributed by atoms with van der Waals surface area (Å²) < 4.78 is 0. The summed E-state index contributed by atoms with van der Waals surface area (Å²) in [6, 6.07) is 5.52. The molecular weight excluding hydrogens is 236 g/mol. The van der Waals surface area contributed by atoms with E-state index < -0.39 is 5.97 Å². The fourth-order valence-electron chi connectivity index (χ4n) is 2.24. The number of rotatable bonds is 3. The van der Waals surface area contributed by atoms with Gasteiger partial charge in [0.15, 0.2) is 0 Å². The second kappa shape index (κ2) is 5.00. The zero-order valence-corrected chi connectivity index (χ0v) is 10.5. The van der Waals surface area contributed by atoms with Crippen LogP contribution in [-0.4, -0.2) is 21.4 Å². The maximum absolute atomic E-state index is 11.1. The molecule has 2 N–H and O–H groups in total. The molecule has 1 aromatic carbocycles. The number of phenolic OH excluding ortho intramolecular Hbond substituents is 1. The zero-order valence-electron chi connectivity index (χ0n) is 9.72. The summed E-state index contributed by atoms with van der Waals surface area (Å²) in [7, 11) is 0. The van der Waals surface area contributed by atoms with E-state index in [-0.39, 0.29) is 16.9 Å². The lowest BCUT2D eigenvalue weighted by atomic mass is 10.1. The fraction of sp³-hybridized carbons (Fsp3) is 0.462. The van der Waals surface area contributed by atoms with E-state index in [0.717, 1.165) is 29.7 Å². The van der Waals surface area contributed by atoms with Gasteiger partial charge in [0.1, 0.15) is 5.75 Å². The van der Waals surface area contributed by atoms with Crippen LogP contribution in [0.25, 0.3) is 0 Å². The van der Waals surface area contributed by atoms with E-state index in [1.165, 1.54) is 11.8 Å². The molecule has 3 nitrogen and oxygen atoms in total. The number of aryl methyl sites for hydroxylation is 1. The quantitative estimate of drug-likeness (QED) is 0.868. The van der Waals surface area contributed by atoms with E-state index in [4.69, 9.17) is 5.11 Å². The minimum atomic E-state index is -0.716. The number of benzene rings is 1. The normalized spacial score (nSPS) is 23.8. The van der Waals surface area contributed by atoms with Gasteiger partial charge in [-0.25, -0.2) is 0 Å². The van der Waals surface area contributed by atoms with E-state index in [2.05, 4.69) is 0 Å². The van der Waals surface area contributed by atoms with Gasteiger partial charge in [0, 0.05) is 10.1 Å². The maximum Gasteiger partial charge on any atom is 0.307 e. The lowest BCUT2D eigenvalue weighted by Crippen LogP contribution is -2.19. The van der Waals surface area contributed by atoms with Crippen molar-refractivity contribution in [2.45, 2.75) is 36.3 Å². The molecule has 1 saturated carbocycles. The van der Waals surface area contributed by atoms with E-state index in [1.54, 1.807) is 6.07 Å². The third kappa shape index (κ3) is 2.75. The van der Waals surface area contributed by atoms with Crippen molar-refractivity contribution in [3.8, 4) is 5.75 Å². The average Bonchev–Trinajstić information content (AvgIpc) is 2.70. The standard InChI is InChI=1S/C13H16O3S/c1-8-5-6-12(10(14)7-8)17-11-4-2-3-9(11)13(15)16/h5-7,9,11,14H,2-4H2,1H3,(H,15,16). The van der Waals surface area contributed by atoms with Crippen molar-refractivity contribution in [2.24, 2.45) is 5.92 Å². The van der Waals surface area contributed by atoms with Gasteiger partial charge in [0.2, 0.25) is 0 Å². The smallest absolute Gasteiger partial charge is 0.307 e. The first-order valence-electron chi connectivity index (χ1n) is 5.77. The van der Waals surface area contributed by atoms with Gasteiger partial charge in [0.25, 0.3) is 0 Å². The van der Waals surface area contributed by atoms with Crippen LogP contribution in [0.3, 0.4) is 0 Å². The first-order chi connectivity index (χ1) is 8.08. The Balaban J connectivity index is 2.12. The highest BCUT2D eigenvalue weighted by atomic mass is 32.2. The highest BCUT2D eigenvalue weighted by Crippen LogP contribution is 2.42. The molecule has 0 heterocycles. The van der Waals surface area contributed by atoms with E-state index in [0.29, 0.717) is 0 Å². The van der Waals surface area contributed by atoms with Crippen LogP contribution in [-0.2, 0) is 4.79 Å². The summed E-state index contributed by atoms with van der Waals surface area (Å²) in [5.41, 5.74) is 1.01. The SMILES string of the molecule is Cc1ccc(SC2CCCC2C(=O)O)c(O)c1. The molecule has 0 radical (unpaired) electrons. The zero-order chi connectivity index (χ0) is 12.4. The lowest BCUT2D eigenvalue weighted by Gasteiger charge is -2.16. The van der Waals surface area contributed by atoms with Crippen molar-refractivity contribution < 1.29 is 15.0 Å². The van der Waals surface area contributed by atoms with E-state index in [1.807, 2.05) is 19.1 Å². The summed E-state index contributed by atoms with van der Waals surface area (Å²) in [4.78, 5) is 11.9. The number of carboxylic acid groups (broad SMARTS) is 1. The van der Waals surface area contributed by atoms with Crippen molar-refractivity contribution in [3.63, 3.8) is 0 Å². The topological polar surface area (TPSA) is 57.5 Å². The van der Waals surface area contributed by atoms with Crippen LogP contribution >= 0.6 is 11.8 Å². The first kappa shape index (κ1) is 12.3. The third-order valence-corrected chi connectivity index (χ3v) is 4.63. The molecular formula is C13H16O3S. The third-order valence-electron chi connectivity index (χ3n) is 3.16. The van der Waals surface area contributed by atoms with Gasteiger partial charge < -0.3 is 10.2 Å². The molecule has 2 rings (SSSR count). The number of thioether (sulfide) groups is 1. The van der Waals surface area contributed by atoms with Crippen molar-refractivity contribution in [1.82, 2.24) is 0 Å². The Labute approximate surface area is 105 Å². The summed E-state index contributed by atoms with van der Waals surface area (Å²) in [6.07, 6.45) is 2.62. The number of phenols is 1. The molecule has 1 aromatic rings. The second-order valence-corrected chi connectivity index (χ2v) is 5.78. The van der Waals surface area contributed by atoms with Crippen LogP contribution in [0.15, 0.2) is 23.1 Å². The summed E-state index contributed by atoms with van der Waals surface area (Å²) in [6.45, 7) is 1.92. The Kier molecular flexibility index (Phi) is 3.62. The molecule has 1 fully saturated rings.